The van der Waals surface area contributed by atoms with Crippen molar-refractivity contribution >= 4 is 13.1 Å². The highest BCUT2D eigenvalue weighted by Crippen LogP contribution is 1.92. The lowest BCUT2D eigenvalue weighted by atomic mass is 9.98. The third-order valence-electron chi connectivity index (χ3n) is 1.09. The Bertz CT molecular complexity index is 249. The molecule has 0 fully saturated rings. The SMILES string of the molecule is N#C[B-][n+]1ccc(N)cc1. The maximum absolute atomic E-state index is 8.23. The zero-order valence-electron chi connectivity index (χ0n) is 5.36. The second-order valence-electron chi connectivity index (χ2n) is 1.84. The molecule has 10 heavy (non-hydrogen) atoms. The average molecular weight is 131 g/mol. The maximum atomic E-state index is 8.23. The Morgan fingerprint density at radius 2 is 2.10 bits per heavy atom. The molecule has 48 valence electrons. The molecule has 2 N–H and O–H groups in total. The number of anilines is 1. The highest BCUT2D eigenvalue weighted by atomic mass is 14.8. The number of hydrogen-bond donors (Lipinski definition) is 1. The number of aromatic nitrogens is 1. The van der Waals surface area contributed by atoms with Gasteiger partial charge in [-0.25, -0.2) is 5.26 Å². The van der Waals surface area contributed by atoms with Gasteiger partial charge in [0, 0.05) is 17.8 Å². The van der Waals surface area contributed by atoms with Crippen LogP contribution in [0.1, 0.15) is 0 Å². The quantitative estimate of drug-likeness (QED) is 0.522. The third kappa shape index (κ3) is 1.49. The highest BCUT2D eigenvalue weighted by Gasteiger charge is 1.86. The van der Waals surface area contributed by atoms with Crippen LogP contribution >= 0.6 is 0 Å². The molecule has 0 atom stereocenters. The minimum atomic E-state index is 0.697. The smallest absolute Gasteiger partial charge is 0.213 e. The van der Waals surface area contributed by atoms with Crippen LogP contribution in [-0.2, 0) is 0 Å². The standard InChI is InChI=1S/C6H6BN3/c8-5-7-10-3-1-6(9)2-4-10/h1-4H,9H2. The topological polar surface area (TPSA) is 53.7 Å². The first-order valence-electron chi connectivity index (χ1n) is 2.82. The van der Waals surface area contributed by atoms with Crippen LogP contribution in [0, 0.1) is 11.2 Å². The number of rotatable bonds is 1. The van der Waals surface area contributed by atoms with Crippen LogP contribution in [0.15, 0.2) is 24.5 Å². The second kappa shape index (κ2) is 2.88. The minimum absolute atomic E-state index is 0.697. The van der Waals surface area contributed by atoms with Gasteiger partial charge in [0.25, 0.3) is 0 Å². The number of nitrogen functional groups attached to an aromatic ring is 1. The first-order valence-corrected chi connectivity index (χ1v) is 2.82. The Morgan fingerprint density at radius 1 is 1.50 bits per heavy atom. The van der Waals surface area contributed by atoms with Crippen molar-refractivity contribution in [1.29, 1.82) is 5.26 Å². The number of nitrogens with two attached hydrogens (primary N) is 1. The van der Waals surface area contributed by atoms with E-state index >= 15 is 0 Å². The summed E-state index contributed by atoms with van der Waals surface area (Å²) in [5, 5.41) is 8.23. The fraction of sp³-hybridized carbons (Fsp3) is 0. The van der Waals surface area contributed by atoms with E-state index in [4.69, 9.17) is 11.0 Å². The Hall–Kier alpha value is -1.50. The summed E-state index contributed by atoms with van der Waals surface area (Å²) in [6.45, 7) is 0. The summed E-state index contributed by atoms with van der Waals surface area (Å²) in [5.74, 6) is 1.90. The van der Waals surface area contributed by atoms with Crippen LogP contribution in [0.2, 0.25) is 0 Å². The predicted octanol–water partition coefficient (Wildman–Crippen LogP) is -0.495. The molecule has 0 aliphatic heterocycles. The molecule has 0 bridgehead atoms. The van der Waals surface area contributed by atoms with Crippen molar-refractivity contribution in [3.05, 3.63) is 24.5 Å². The van der Waals surface area contributed by atoms with Crippen molar-refractivity contribution in [3.8, 4) is 5.97 Å². The van der Waals surface area contributed by atoms with Gasteiger partial charge in [-0.3, -0.25) is 0 Å². The molecule has 3 nitrogen and oxygen atoms in total. The van der Waals surface area contributed by atoms with E-state index in [0.29, 0.717) is 5.69 Å². The van der Waals surface area contributed by atoms with Crippen LogP contribution in [-0.4, -0.2) is 7.41 Å². The lowest BCUT2D eigenvalue weighted by molar-refractivity contribution is -0.526. The monoisotopic (exact) mass is 131 g/mol. The van der Waals surface area contributed by atoms with E-state index in [1.807, 2.05) is 5.97 Å². The molecular weight excluding hydrogens is 125 g/mol. The van der Waals surface area contributed by atoms with Crippen LogP contribution in [0.5, 0.6) is 0 Å². The van der Waals surface area contributed by atoms with E-state index in [1.54, 1.807) is 29.0 Å². The Balaban J connectivity index is 2.81. The molecular formula is C6H6BN3. The van der Waals surface area contributed by atoms with Crippen LogP contribution < -0.4 is 10.2 Å². The summed E-state index contributed by atoms with van der Waals surface area (Å²) in [4.78, 5) is 0. The average Bonchev–Trinajstić information content (AvgIpc) is 1.95. The summed E-state index contributed by atoms with van der Waals surface area (Å²) in [7, 11) is 1.39. The van der Waals surface area contributed by atoms with Crippen molar-refractivity contribution in [2.24, 2.45) is 0 Å². The largest absolute Gasteiger partial charge is 0.461 e. The van der Waals surface area contributed by atoms with Gasteiger partial charge in [0.1, 0.15) is 12.4 Å². The van der Waals surface area contributed by atoms with E-state index in [9.17, 15) is 0 Å². The lowest BCUT2D eigenvalue weighted by Gasteiger charge is -1.99. The maximum Gasteiger partial charge on any atom is 0.213 e. The number of nitrogens with zero attached hydrogens (tertiary/aromatic N) is 2. The first-order chi connectivity index (χ1) is 4.83. The van der Waals surface area contributed by atoms with Gasteiger partial charge in [0.05, 0.1) is 0 Å². The molecule has 2 radical (unpaired) electrons. The van der Waals surface area contributed by atoms with E-state index < -0.39 is 0 Å². The molecule has 4 heteroatoms. The van der Waals surface area contributed by atoms with E-state index in [-0.39, 0.29) is 0 Å². The predicted molar refractivity (Wildman–Crippen MR) is 37.8 cm³/mol. The summed E-state index contributed by atoms with van der Waals surface area (Å²) < 4.78 is 1.64. The molecule has 1 heterocycles. The zero-order chi connectivity index (χ0) is 7.40. The molecule has 0 saturated carbocycles. The molecule has 0 spiro atoms. The van der Waals surface area contributed by atoms with Crippen molar-refractivity contribution < 1.29 is 4.48 Å². The van der Waals surface area contributed by atoms with Crippen LogP contribution in [0.25, 0.3) is 0 Å². The molecule has 1 aromatic rings. The fourth-order valence-electron chi connectivity index (χ4n) is 0.602. The van der Waals surface area contributed by atoms with Crippen molar-refractivity contribution in [3.63, 3.8) is 0 Å². The molecule has 0 aromatic carbocycles. The second-order valence-corrected chi connectivity index (χ2v) is 1.84. The van der Waals surface area contributed by atoms with Gasteiger partial charge >= 0.3 is 0 Å². The van der Waals surface area contributed by atoms with Gasteiger partial charge in [-0.1, -0.05) is 0 Å². The normalized spacial score (nSPS) is 8.70. The van der Waals surface area contributed by atoms with Gasteiger partial charge in [0.15, 0.2) is 0 Å². The van der Waals surface area contributed by atoms with Crippen LogP contribution in [0.4, 0.5) is 5.69 Å². The minimum Gasteiger partial charge on any atom is -0.461 e. The van der Waals surface area contributed by atoms with E-state index in [2.05, 4.69) is 0 Å². The Morgan fingerprint density at radius 3 is 2.60 bits per heavy atom. The molecule has 0 saturated heterocycles. The molecule has 1 aromatic heterocycles. The van der Waals surface area contributed by atoms with Gasteiger partial charge in [-0.2, -0.15) is 0 Å². The van der Waals surface area contributed by atoms with E-state index in [0.717, 1.165) is 0 Å². The number of hydrogen-bond acceptors (Lipinski definition) is 2. The summed E-state index contributed by atoms with van der Waals surface area (Å²) in [5.41, 5.74) is 6.11. The van der Waals surface area contributed by atoms with Gasteiger partial charge in [-0.15, -0.1) is 5.97 Å². The molecule has 0 unspecified atom stereocenters. The lowest BCUT2D eigenvalue weighted by Crippen LogP contribution is -2.37. The Kier molecular flexibility index (Phi) is 1.91. The fourth-order valence-corrected chi connectivity index (χ4v) is 0.602. The summed E-state index contributed by atoms with van der Waals surface area (Å²) in [6.07, 6.45) is 3.44. The van der Waals surface area contributed by atoms with Gasteiger partial charge in [0.2, 0.25) is 7.41 Å². The third-order valence-corrected chi connectivity index (χ3v) is 1.09. The molecule has 0 amide bonds. The van der Waals surface area contributed by atoms with Crippen molar-refractivity contribution in [1.82, 2.24) is 0 Å². The number of nitriles is 1. The summed E-state index contributed by atoms with van der Waals surface area (Å²) in [6, 6.07) is 3.46. The number of pyridine rings is 1. The summed E-state index contributed by atoms with van der Waals surface area (Å²) >= 11 is 0. The highest BCUT2D eigenvalue weighted by molar-refractivity contribution is 6.34. The zero-order valence-corrected chi connectivity index (χ0v) is 5.36. The van der Waals surface area contributed by atoms with Crippen molar-refractivity contribution in [2.45, 2.75) is 0 Å². The van der Waals surface area contributed by atoms with Gasteiger partial charge in [-0.05, 0) is 0 Å². The Labute approximate surface area is 60.0 Å². The van der Waals surface area contributed by atoms with Crippen molar-refractivity contribution in [2.75, 3.05) is 5.73 Å². The van der Waals surface area contributed by atoms with Crippen LogP contribution in [0.3, 0.4) is 0 Å². The molecule has 0 aliphatic carbocycles. The molecule has 0 aliphatic rings. The van der Waals surface area contributed by atoms with E-state index in [1.165, 1.54) is 7.41 Å². The van der Waals surface area contributed by atoms with Gasteiger partial charge < -0.3 is 10.2 Å². The molecule has 1 rings (SSSR count). The first kappa shape index (κ1) is 6.62.